The van der Waals surface area contributed by atoms with Gasteiger partial charge in [0, 0.05) is 23.7 Å². The summed E-state index contributed by atoms with van der Waals surface area (Å²) in [6.45, 7) is 3.04. The molecule has 0 heterocycles. The Hall–Kier alpha value is -1.26. The minimum absolute atomic E-state index is 0.0750. The van der Waals surface area contributed by atoms with Crippen LogP contribution >= 0.6 is 11.6 Å². The number of phenols is 1. The molecular formula is C11H15ClN2O2. The maximum Gasteiger partial charge on any atom is 0.233 e. The Morgan fingerprint density at radius 1 is 1.50 bits per heavy atom. The smallest absolute Gasteiger partial charge is 0.233 e. The van der Waals surface area contributed by atoms with Crippen LogP contribution in [0.1, 0.15) is 12.5 Å². The molecule has 0 aliphatic heterocycles. The Kier molecular flexibility index (Phi) is 5.08. The van der Waals surface area contributed by atoms with Crippen LogP contribution in [0.3, 0.4) is 0 Å². The van der Waals surface area contributed by atoms with Gasteiger partial charge in [-0.05, 0) is 19.1 Å². The largest absolute Gasteiger partial charge is 0.508 e. The molecule has 1 aromatic rings. The Morgan fingerprint density at radius 3 is 2.88 bits per heavy atom. The maximum absolute atomic E-state index is 11.1. The molecule has 88 valence electrons. The molecule has 0 atom stereocenters. The summed E-state index contributed by atoms with van der Waals surface area (Å²) in [6.07, 6.45) is 0. The summed E-state index contributed by atoms with van der Waals surface area (Å²) in [4.78, 5) is 11.1. The zero-order chi connectivity index (χ0) is 12.0. The third kappa shape index (κ3) is 3.72. The van der Waals surface area contributed by atoms with E-state index >= 15 is 0 Å². The van der Waals surface area contributed by atoms with Crippen LogP contribution in [0.5, 0.6) is 5.75 Å². The fourth-order valence-electron chi connectivity index (χ4n) is 1.28. The number of carbonyl (C=O) groups is 1. The fourth-order valence-corrected chi connectivity index (χ4v) is 1.52. The molecule has 5 heteroatoms. The van der Waals surface area contributed by atoms with E-state index in [0.29, 0.717) is 23.7 Å². The first kappa shape index (κ1) is 12.8. The Balaban J connectivity index is 2.46. The van der Waals surface area contributed by atoms with Crippen molar-refractivity contribution in [3.8, 4) is 5.75 Å². The molecular weight excluding hydrogens is 228 g/mol. The lowest BCUT2D eigenvalue weighted by molar-refractivity contribution is -0.120. The lowest BCUT2D eigenvalue weighted by Crippen LogP contribution is -2.33. The lowest BCUT2D eigenvalue weighted by Gasteiger charge is -2.08. The summed E-state index contributed by atoms with van der Waals surface area (Å²) in [7, 11) is 0. The zero-order valence-electron chi connectivity index (χ0n) is 9.09. The highest BCUT2D eigenvalue weighted by molar-refractivity contribution is 6.31. The van der Waals surface area contributed by atoms with Gasteiger partial charge < -0.3 is 15.7 Å². The third-order valence-corrected chi connectivity index (χ3v) is 2.41. The topological polar surface area (TPSA) is 61.4 Å². The van der Waals surface area contributed by atoms with E-state index in [-0.39, 0.29) is 18.2 Å². The molecule has 1 rings (SSSR count). The van der Waals surface area contributed by atoms with Gasteiger partial charge in [-0.15, -0.1) is 0 Å². The Bertz CT molecular complexity index is 349. The normalized spacial score (nSPS) is 10.1. The Labute approximate surface area is 99.6 Å². The second kappa shape index (κ2) is 6.35. The number of halogens is 1. The van der Waals surface area contributed by atoms with E-state index in [9.17, 15) is 9.90 Å². The van der Waals surface area contributed by atoms with E-state index in [0.717, 1.165) is 0 Å². The summed E-state index contributed by atoms with van der Waals surface area (Å²) in [5.41, 5.74) is 0.605. The van der Waals surface area contributed by atoms with E-state index in [1.807, 2.05) is 6.92 Å². The van der Waals surface area contributed by atoms with Crippen molar-refractivity contribution in [1.29, 1.82) is 0 Å². The van der Waals surface area contributed by atoms with Gasteiger partial charge in [-0.1, -0.05) is 17.7 Å². The van der Waals surface area contributed by atoms with Crippen LogP contribution in [-0.2, 0) is 11.3 Å². The van der Waals surface area contributed by atoms with Gasteiger partial charge >= 0.3 is 0 Å². The van der Waals surface area contributed by atoms with E-state index in [1.165, 1.54) is 0 Å². The van der Waals surface area contributed by atoms with Crippen LogP contribution in [0, 0.1) is 0 Å². The van der Waals surface area contributed by atoms with Crippen molar-refractivity contribution in [2.24, 2.45) is 0 Å². The summed E-state index contributed by atoms with van der Waals surface area (Å²) in [5.74, 6) is 0.0601. The third-order valence-electron chi connectivity index (χ3n) is 2.06. The molecule has 0 saturated heterocycles. The first-order valence-electron chi connectivity index (χ1n) is 5.09. The van der Waals surface area contributed by atoms with Gasteiger partial charge in [0.15, 0.2) is 0 Å². The summed E-state index contributed by atoms with van der Waals surface area (Å²) in [5, 5.41) is 15.6. The van der Waals surface area contributed by atoms with Crippen LogP contribution < -0.4 is 10.6 Å². The molecule has 0 aliphatic carbocycles. The van der Waals surface area contributed by atoms with Crippen LogP contribution in [-0.4, -0.2) is 24.1 Å². The molecule has 0 bridgehead atoms. The average Bonchev–Trinajstić information content (AvgIpc) is 2.23. The number of hydrogen-bond acceptors (Lipinski definition) is 3. The second-order valence-electron chi connectivity index (χ2n) is 3.29. The zero-order valence-corrected chi connectivity index (χ0v) is 9.84. The van der Waals surface area contributed by atoms with Crippen LogP contribution in [0.15, 0.2) is 18.2 Å². The summed E-state index contributed by atoms with van der Waals surface area (Å²) >= 11 is 5.91. The molecule has 16 heavy (non-hydrogen) atoms. The number of phenolic OH excluding ortho intramolecular Hbond substituents is 1. The molecule has 1 amide bonds. The number of amides is 1. The van der Waals surface area contributed by atoms with Crippen molar-refractivity contribution < 1.29 is 9.90 Å². The van der Waals surface area contributed by atoms with Crippen molar-refractivity contribution in [1.82, 2.24) is 10.6 Å². The molecule has 0 spiro atoms. The van der Waals surface area contributed by atoms with Gasteiger partial charge in [0.05, 0.1) is 6.54 Å². The first-order chi connectivity index (χ1) is 7.65. The quantitative estimate of drug-likeness (QED) is 0.729. The molecule has 4 nitrogen and oxygen atoms in total. The van der Waals surface area contributed by atoms with Crippen LogP contribution in [0.2, 0.25) is 5.02 Å². The molecule has 1 aromatic carbocycles. The van der Waals surface area contributed by atoms with E-state index in [2.05, 4.69) is 10.6 Å². The standard InChI is InChI=1S/C11H15ClN2O2/c1-2-14-11(16)7-13-6-8-9(12)4-3-5-10(8)15/h3-5,13,15H,2,6-7H2,1H3,(H,14,16). The number of benzene rings is 1. The predicted octanol–water partition coefficient (Wildman–Crippen LogP) is 1.27. The van der Waals surface area contributed by atoms with E-state index in [1.54, 1.807) is 18.2 Å². The average molecular weight is 243 g/mol. The fraction of sp³-hybridized carbons (Fsp3) is 0.364. The second-order valence-corrected chi connectivity index (χ2v) is 3.70. The van der Waals surface area contributed by atoms with Gasteiger partial charge in [-0.3, -0.25) is 4.79 Å². The molecule has 3 N–H and O–H groups in total. The molecule has 0 aliphatic rings. The van der Waals surface area contributed by atoms with Crippen LogP contribution in [0.25, 0.3) is 0 Å². The highest BCUT2D eigenvalue weighted by Crippen LogP contribution is 2.24. The van der Waals surface area contributed by atoms with Gasteiger partial charge in [0.25, 0.3) is 0 Å². The van der Waals surface area contributed by atoms with Gasteiger partial charge in [-0.25, -0.2) is 0 Å². The van der Waals surface area contributed by atoms with Crippen molar-refractivity contribution in [3.63, 3.8) is 0 Å². The highest BCUT2D eigenvalue weighted by Gasteiger charge is 2.06. The molecule has 0 unspecified atom stereocenters. The number of hydrogen-bond donors (Lipinski definition) is 3. The monoisotopic (exact) mass is 242 g/mol. The molecule has 0 radical (unpaired) electrons. The number of likely N-dealkylation sites (N-methyl/N-ethyl adjacent to an activating group) is 1. The van der Waals surface area contributed by atoms with E-state index in [4.69, 9.17) is 11.6 Å². The lowest BCUT2D eigenvalue weighted by atomic mass is 10.2. The van der Waals surface area contributed by atoms with Crippen molar-refractivity contribution in [2.75, 3.05) is 13.1 Å². The molecule has 0 saturated carbocycles. The Morgan fingerprint density at radius 2 is 2.25 bits per heavy atom. The van der Waals surface area contributed by atoms with E-state index < -0.39 is 0 Å². The SMILES string of the molecule is CCNC(=O)CNCc1c(O)cccc1Cl. The van der Waals surface area contributed by atoms with Crippen molar-refractivity contribution >= 4 is 17.5 Å². The molecule has 0 fully saturated rings. The van der Waals surface area contributed by atoms with Gasteiger partial charge in [0.2, 0.25) is 5.91 Å². The van der Waals surface area contributed by atoms with Gasteiger partial charge in [-0.2, -0.15) is 0 Å². The maximum atomic E-state index is 11.1. The number of nitrogens with one attached hydrogen (secondary N) is 2. The summed E-state index contributed by atoms with van der Waals surface area (Å²) in [6, 6.07) is 4.93. The highest BCUT2D eigenvalue weighted by atomic mass is 35.5. The number of carbonyl (C=O) groups excluding carboxylic acids is 1. The van der Waals surface area contributed by atoms with Gasteiger partial charge in [0.1, 0.15) is 5.75 Å². The minimum Gasteiger partial charge on any atom is -0.508 e. The number of rotatable bonds is 5. The first-order valence-corrected chi connectivity index (χ1v) is 5.46. The predicted molar refractivity (Wildman–Crippen MR) is 63.5 cm³/mol. The molecule has 0 aromatic heterocycles. The van der Waals surface area contributed by atoms with Crippen molar-refractivity contribution in [3.05, 3.63) is 28.8 Å². The number of aromatic hydroxyl groups is 1. The summed E-state index contributed by atoms with van der Waals surface area (Å²) < 4.78 is 0. The van der Waals surface area contributed by atoms with Crippen molar-refractivity contribution in [2.45, 2.75) is 13.5 Å². The van der Waals surface area contributed by atoms with Crippen LogP contribution in [0.4, 0.5) is 0 Å². The minimum atomic E-state index is -0.0750.